The van der Waals surface area contributed by atoms with Crippen molar-refractivity contribution in [2.75, 3.05) is 20.3 Å². The Kier molecular flexibility index (Phi) is 6.14. The number of urea groups is 1. The number of aliphatic hydroxyl groups is 1. The van der Waals surface area contributed by atoms with Crippen LogP contribution >= 0.6 is 0 Å². The second kappa shape index (κ2) is 8.59. The van der Waals surface area contributed by atoms with Gasteiger partial charge in [-0.15, -0.1) is 0 Å². The van der Waals surface area contributed by atoms with Crippen LogP contribution in [-0.2, 0) is 21.7 Å². The molecular weight excluding hydrogens is 379 g/mol. The summed E-state index contributed by atoms with van der Waals surface area (Å²) in [6, 6.07) is 12.4. The van der Waals surface area contributed by atoms with Crippen LogP contribution in [0.2, 0.25) is 0 Å². The van der Waals surface area contributed by atoms with Crippen molar-refractivity contribution in [2.24, 2.45) is 0 Å². The molecule has 0 aromatic heterocycles. The van der Waals surface area contributed by atoms with Gasteiger partial charge in [-0.05, 0) is 30.7 Å². The third kappa shape index (κ3) is 4.38. The summed E-state index contributed by atoms with van der Waals surface area (Å²) in [6.45, 7) is 1.21. The minimum Gasteiger partial charge on any atom is -0.497 e. The Bertz CT molecular complexity index is 889. The molecule has 1 heterocycles. The van der Waals surface area contributed by atoms with Crippen molar-refractivity contribution in [3.05, 3.63) is 65.5 Å². The number of benzene rings is 2. The average Bonchev–Trinajstić information content (AvgIpc) is 2.93. The van der Waals surface area contributed by atoms with Gasteiger partial charge < -0.3 is 19.9 Å². The zero-order valence-corrected chi connectivity index (χ0v) is 16.2. The van der Waals surface area contributed by atoms with Crippen LogP contribution in [0.15, 0.2) is 48.5 Å². The molecule has 0 unspecified atom stereocenters. The molecule has 0 spiro atoms. The fourth-order valence-electron chi connectivity index (χ4n) is 3.17. The number of hydrogen-bond donors (Lipinski definition) is 2. The van der Waals surface area contributed by atoms with E-state index in [1.165, 1.54) is 13.2 Å². The summed E-state index contributed by atoms with van der Waals surface area (Å²) >= 11 is 0. The first kappa shape index (κ1) is 20.8. The SMILES string of the molecule is COc1ccc([C@]2(C)NC(=O)N(C[C@@H](O)COCc3ccccc3F)C2=O)cc1. The molecule has 29 heavy (non-hydrogen) atoms. The lowest BCUT2D eigenvalue weighted by Gasteiger charge is -2.23. The number of nitrogens with one attached hydrogen (secondary N) is 1. The summed E-state index contributed by atoms with van der Waals surface area (Å²) < 4.78 is 24.0. The first-order valence-corrected chi connectivity index (χ1v) is 9.13. The van der Waals surface area contributed by atoms with E-state index < -0.39 is 29.4 Å². The molecule has 2 N–H and O–H groups in total. The third-order valence-corrected chi connectivity index (χ3v) is 4.86. The number of nitrogens with zero attached hydrogens (tertiary/aromatic N) is 1. The van der Waals surface area contributed by atoms with Gasteiger partial charge in [-0.3, -0.25) is 9.69 Å². The summed E-state index contributed by atoms with van der Waals surface area (Å²) in [5, 5.41) is 12.9. The summed E-state index contributed by atoms with van der Waals surface area (Å²) in [5.41, 5.74) is -0.275. The van der Waals surface area contributed by atoms with Gasteiger partial charge in [0.05, 0.1) is 33.0 Å². The maximum atomic E-state index is 13.6. The number of aliphatic hydroxyl groups excluding tert-OH is 1. The highest BCUT2D eigenvalue weighted by Crippen LogP contribution is 2.30. The number of amides is 3. The average molecular weight is 402 g/mol. The molecule has 1 saturated heterocycles. The van der Waals surface area contributed by atoms with Crippen molar-refractivity contribution in [3.63, 3.8) is 0 Å². The highest BCUT2D eigenvalue weighted by atomic mass is 19.1. The van der Waals surface area contributed by atoms with Gasteiger partial charge in [0.25, 0.3) is 5.91 Å². The number of carbonyl (C=O) groups is 2. The first-order chi connectivity index (χ1) is 13.8. The van der Waals surface area contributed by atoms with Crippen LogP contribution in [-0.4, -0.2) is 48.3 Å². The van der Waals surface area contributed by atoms with E-state index in [1.54, 1.807) is 49.4 Å². The lowest BCUT2D eigenvalue weighted by Crippen LogP contribution is -2.42. The van der Waals surface area contributed by atoms with Crippen molar-refractivity contribution in [2.45, 2.75) is 25.2 Å². The summed E-state index contributed by atoms with van der Waals surface area (Å²) in [5.74, 6) is -0.236. The number of carbonyl (C=O) groups excluding carboxylic acids is 2. The molecule has 1 fully saturated rings. The van der Waals surface area contributed by atoms with E-state index in [9.17, 15) is 19.1 Å². The minimum absolute atomic E-state index is 0.0204. The van der Waals surface area contributed by atoms with E-state index in [0.717, 1.165) is 4.90 Å². The maximum absolute atomic E-state index is 13.6. The molecule has 2 atom stereocenters. The highest BCUT2D eigenvalue weighted by Gasteiger charge is 2.49. The van der Waals surface area contributed by atoms with Crippen LogP contribution in [0.5, 0.6) is 5.75 Å². The Morgan fingerprint density at radius 2 is 1.86 bits per heavy atom. The van der Waals surface area contributed by atoms with Crippen molar-refractivity contribution in [1.29, 1.82) is 0 Å². The Labute approximate surface area is 168 Å². The summed E-state index contributed by atoms with van der Waals surface area (Å²) in [7, 11) is 1.54. The maximum Gasteiger partial charge on any atom is 0.325 e. The molecule has 154 valence electrons. The number of methoxy groups -OCH3 is 1. The molecule has 8 heteroatoms. The molecule has 1 aliphatic heterocycles. The van der Waals surface area contributed by atoms with Gasteiger partial charge in [-0.2, -0.15) is 0 Å². The molecule has 0 bridgehead atoms. The zero-order chi connectivity index (χ0) is 21.0. The Balaban J connectivity index is 1.59. The normalized spacial score (nSPS) is 19.9. The molecule has 7 nitrogen and oxygen atoms in total. The molecule has 0 radical (unpaired) electrons. The van der Waals surface area contributed by atoms with Crippen molar-refractivity contribution < 1.29 is 28.6 Å². The fourth-order valence-corrected chi connectivity index (χ4v) is 3.17. The van der Waals surface area contributed by atoms with E-state index in [-0.39, 0.29) is 19.8 Å². The zero-order valence-electron chi connectivity index (χ0n) is 16.2. The van der Waals surface area contributed by atoms with Crippen LogP contribution in [0.25, 0.3) is 0 Å². The number of ether oxygens (including phenoxy) is 2. The minimum atomic E-state index is -1.24. The van der Waals surface area contributed by atoms with Crippen LogP contribution in [0.3, 0.4) is 0 Å². The number of imide groups is 1. The van der Waals surface area contributed by atoms with Crippen molar-refractivity contribution >= 4 is 11.9 Å². The second-order valence-corrected chi connectivity index (χ2v) is 6.96. The first-order valence-electron chi connectivity index (χ1n) is 9.13. The third-order valence-electron chi connectivity index (χ3n) is 4.86. The molecule has 3 rings (SSSR count). The van der Waals surface area contributed by atoms with Gasteiger partial charge in [0.1, 0.15) is 17.1 Å². The van der Waals surface area contributed by atoms with Crippen LogP contribution < -0.4 is 10.1 Å². The molecule has 0 saturated carbocycles. The molecule has 2 aromatic rings. The van der Waals surface area contributed by atoms with Crippen LogP contribution in [0.4, 0.5) is 9.18 Å². The van der Waals surface area contributed by atoms with Gasteiger partial charge >= 0.3 is 6.03 Å². The second-order valence-electron chi connectivity index (χ2n) is 6.96. The largest absolute Gasteiger partial charge is 0.497 e. The van der Waals surface area contributed by atoms with E-state index in [1.807, 2.05) is 0 Å². The Morgan fingerprint density at radius 3 is 2.52 bits per heavy atom. The number of hydrogen-bond acceptors (Lipinski definition) is 5. The topological polar surface area (TPSA) is 88.1 Å². The van der Waals surface area contributed by atoms with Crippen molar-refractivity contribution in [3.8, 4) is 5.75 Å². The molecular formula is C21H23FN2O5. The van der Waals surface area contributed by atoms with Crippen molar-refractivity contribution in [1.82, 2.24) is 10.2 Å². The lowest BCUT2D eigenvalue weighted by atomic mass is 9.92. The van der Waals surface area contributed by atoms with Gasteiger partial charge in [-0.25, -0.2) is 9.18 Å². The summed E-state index contributed by atoms with van der Waals surface area (Å²) in [4.78, 5) is 26.2. The van der Waals surface area contributed by atoms with Crippen LogP contribution in [0.1, 0.15) is 18.1 Å². The molecule has 3 amide bonds. The number of halogens is 1. The summed E-state index contributed by atoms with van der Waals surface area (Å²) in [6.07, 6.45) is -1.10. The van der Waals surface area contributed by atoms with Gasteiger partial charge in [0, 0.05) is 5.56 Å². The standard InChI is InChI=1S/C21H23FN2O5/c1-21(15-7-9-17(28-2)10-8-15)19(26)24(20(27)23-21)11-16(25)13-29-12-14-5-3-4-6-18(14)22/h3-10,16,25H,11-13H2,1-2H3,(H,23,27)/t16-,21+/m1/s1. The predicted molar refractivity (Wildman–Crippen MR) is 103 cm³/mol. The number of β-amino-alcohol motifs (C(OH)–C–C–N with tert-alkyl or cyclic N) is 1. The van der Waals surface area contributed by atoms with Crippen LogP contribution in [0, 0.1) is 5.82 Å². The van der Waals surface area contributed by atoms with E-state index in [0.29, 0.717) is 16.9 Å². The molecule has 0 aliphatic carbocycles. The Morgan fingerprint density at radius 1 is 1.17 bits per heavy atom. The lowest BCUT2D eigenvalue weighted by molar-refractivity contribution is -0.132. The quantitative estimate of drug-likeness (QED) is 0.661. The fraction of sp³-hybridized carbons (Fsp3) is 0.333. The van der Waals surface area contributed by atoms with Gasteiger partial charge in [0.15, 0.2) is 0 Å². The monoisotopic (exact) mass is 402 g/mol. The van der Waals surface area contributed by atoms with E-state index >= 15 is 0 Å². The molecule has 1 aliphatic rings. The van der Waals surface area contributed by atoms with E-state index in [2.05, 4.69) is 5.32 Å². The Hall–Kier alpha value is -2.97. The van der Waals surface area contributed by atoms with E-state index in [4.69, 9.17) is 9.47 Å². The van der Waals surface area contributed by atoms with Gasteiger partial charge in [-0.1, -0.05) is 30.3 Å². The number of rotatable bonds is 8. The van der Waals surface area contributed by atoms with Gasteiger partial charge in [0.2, 0.25) is 0 Å². The molecule has 2 aromatic carbocycles. The smallest absolute Gasteiger partial charge is 0.325 e. The highest BCUT2D eigenvalue weighted by molar-refractivity contribution is 6.07. The predicted octanol–water partition coefficient (Wildman–Crippen LogP) is 2.18.